The van der Waals surface area contributed by atoms with Gasteiger partial charge in [0.25, 0.3) is 0 Å². The van der Waals surface area contributed by atoms with E-state index in [-0.39, 0.29) is 18.7 Å². The molecule has 0 aliphatic carbocycles. The molecule has 0 saturated carbocycles. The molecule has 0 spiro atoms. The topological polar surface area (TPSA) is 48.4 Å². The molecule has 5 heteroatoms. The first-order chi connectivity index (χ1) is 8.70. The van der Waals surface area contributed by atoms with E-state index in [9.17, 15) is 4.79 Å². The fourth-order valence-electron chi connectivity index (χ4n) is 1.74. The second kappa shape index (κ2) is 5.98. The van der Waals surface area contributed by atoms with Crippen molar-refractivity contribution in [2.75, 3.05) is 13.2 Å². The Balaban J connectivity index is 2.01. The van der Waals surface area contributed by atoms with Crippen molar-refractivity contribution in [2.24, 2.45) is 0 Å². The van der Waals surface area contributed by atoms with E-state index in [2.05, 4.69) is 4.98 Å². The highest BCUT2D eigenvalue weighted by molar-refractivity contribution is 6.29. The van der Waals surface area contributed by atoms with Crippen LogP contribution in [0.25, 0.3) is 0 Å². The van der Waals surface area contributed by atoms with E-state index in [0.29, 0.717) is 23.8 Å². The van der Waals surface area contributed by atoms with Gasteiger partial charge in [-0.05, 0) is 25.0 Å². The second-order valence-electron chi connectivity index (χ2n) is 3.90. The van der Waals surface area contributed by atoms with Gasteiger partial charge < -0.3 is 9.47 Å². The van der Waals surface area contributed by atoms with Crippen LogP contribution in [0.1, 0.15) is 25.0 Å². The van der Waals surface area contributed by atoms with Crippen molar-refractivity contribution in [2.45, 2.75) is 19.4 Å². The van der Waals surface area contributed by atoms with E-state index in [4.69, 9.17) is 21.1 Å². The number of halogens is 1. The Bertz CT molecular complexity index is 456. The number of carbonyl (C=O) groups is 1. The predicted octanol–water partition coefficient (Wildman–Crippen LogP) is 2.69. The van der Waals surface area contributed by atoms with Crippen molar-refractivity contribution in [1.29, 1.82) is 0 Å². The summed E-state index contributed by atoms with van der Waals surface area (Å²) < 4.78 is 10.6. The van der Waals surface area contributed by atoms with Gasteiger partial charge in [-0.15, -0.1) is 0 Å². The third-order valence-electron chi connectivity index (χ3n) is 2.68. The Kier molecular flexibility index (Phi) is 4.33. The van der Waals surface area contributed by atoms with Crippen LogP contribution in [-0.2, 0) is 14.3 Å². The highest BCUT2D eigenvalue weighted by atomic mass is 35.5. The number of esters is 1. The van der Waals surface area contributed by atoms with Gasteiger partial charge in [-0.3, -0.25) is 0 Å². The summed E-state index contributed by atoms with van der Waals surface area (Å²) in [5, 5.41) is 0.456. The summed E-state index contributed by atoms with van der Waals surface area (Å²) in [6.07, 6.45) is 4.11. The van der Waals surface area contributed by atoms with Crippen LogP contribution in [0.15, 0.2) is 30.0 Å². The first-order valence-electron chi connectivity index (χ1n) is 5.80. The maximum atomic E-state index is 11.5. The Morgan fingerprint density at radius 2 is 2.44 bits per heavy atom. The molecule has 0 saturated heterocycles. The second-order valence-corrected chi connectivity index (χ2v) is 4.29. The number of nitrogens with zero attached hydrogens (tertiary/aromatic N) is 1. The number of hydrogen-bond acceptors (Lipinski definition) is 4. The lowest BCUT2D eigenvalue weighted by Gasteiger charge is -2.22. The molecule has 1 aromatic rings. The lowest BCUT2D eigenvalue weighted by Crippen LogP contribution is -2.19. The number of aromatic nitrogens is 1. The van der Waals surface area contributed by atoms with Crippen molar-refractivity contribution < 1.29 is 14.3 Å². The van der Waals surface area contributed by atoms with Crippen LogP contribution in [0.2, 0.25) is 5.15 Å². The van der Waals surface area contributed by atoms with Crippen molar-refractivity contribution >= 4 is 17.6 Å². The lowest BCUT2D eigenvalue weighted by atomic mass is 10.0. The molecule has 0 fully saturated rings. The van der Waals surface area contributed by atoms with E-state index in [1.54, 1.807) is 19.2 Å². The normalized spacial score (nSPS) is 19.2. The molecule has 2 heterocycles. The Morgan fingerprint density at radius 1 is 1.61 bits per heavy atom. The van der Waals surface area contributed by atoms with Gasteiger partial charge in [0.2, 0.25) is 0 Å². The largest absolute Gasteiger partial charge is 0.463 e. The van der Waals surface area contributed by atoms with Crippen LogP contribution >= 0.6 is 11.6 Å². The molecule has 4 nitrogen and oxygen atoms in total. The molecule has 1 aliphatic heterocycles. The Labute approximate surface area is 111 Å². The first kappa shape index (κ1) is 13.1. The minimum absolute atomic E-state index is 0.0760. The number of carbonyl (C=O) groups excluding carboxylic acids is 1. The summed E-state index contributed by atoms with van der Waals surface area (Å²) in [7, 11) is 0. The summed E-state index contributed by atoms with van der Waals surface area (Å²) >= 11 is 5.73. The molecular weight excluding hydrogens is 254 g/mol. The highest BCUT2D eigenvalue weighted by Gasteiger charge is 2.21. The van der Waals surface area contributed by atoms with Gasteiger partial charge in [0.15, 0.2) is 0 Å². The van der Waals surface area contributed by atoms with Gasteiger partial charge >= 0.3 is 5.97 Å². The third-order valence-corrected chi connectivity index (χ3v) is 2.90. The summed E-state index contributed by atoms with van der Waals surface area (Å²) in [5.74, 6) is -0.301. The standard InChI is InChI=1S/C13H14ClNO3/c1-2-17-13(16)10-3-5-11(18-8-10)9-4-6-12(14)15-7-9/h3-4,6-7,11H,2,5,8H2,1H3. The van der Waals surface area contributed by atoms with Gasteiger partial charge in [-0.2, -0.15) is 0 Å². The molecule has 1 aliphatic rings. The highest BCUT2D eigenvalue weighted by Crippen LogP contribution is 2.27. The maximum absolute atomic E-state index is 11.5. The zero-order valence-electron chi connectivity index (χ0n) is 10.1. The molecule has 0 bridgehead atoms. The monoisotopic (exact) mass is 267 g/mol. The molecule has 1 aromatic heterocycles. The fourth-order valence-corrected chi connectivity index (χ4v) is 1.85. The summed E-state index contributed by atoms with van der Waals surface area (Å²) in [6, 6.07) is 3.61. The van der Waals surface area contributed by atoms with Crippen LogP contribution in [0.5, 0.6) is 0 Å². The van der Waals surface area contributed by atoms with Crippen LogP contribution in [0.4, 0.5) is 0 Å². The zero-order chi connectivity index (χ0) is 13.0. The van der Waals surface area contributed by atoms with Crippen molar-refractivity contribution in [3.05, 3.63) is 40.7 Å². The Morgan fingerprint density at radius 3 is 3.00 bits per heavy atom. The lowest BCUT2D eigenvalue weighted by molar-refractivity contribution is -0.139. The van der Waals surface area contributed by atoms with Gasteiger partial charge in [-0.1, -0.05) is 23.7 Å². The maximum Gasteiger partial charge on any atom is 0.336 e. The van der Waals surface area contributed by atoms with E-state index in [0.717, 1.165) is 5.56 Å². The Hall–Kier alpha value is -1.39. The van der Waals surface area contributed by atoms with E-state index >= 15 is 0 Å². The predicted molar refractivity (Wildman–Crippen MR) is 67.3 cm³/mol. The molecule has 18 heavy (non-hydrogen) atoms. The summed E-state index contributed by atoms with van der Waals surface area (Å²) in [5.41, 5.74) is 1.54. The van der Waals surface area contributed by atoms with Crippen molar-refractivity contribution in [3.63, 3.8) is 0 Å². The number of pyridine rings is 1. The number of ether oxygens (including phenoxy) is 2. The number of hydrogen-bond donors (Lipinski definition) is 0. The smallest absolute Gasteiger partial charge is 0.336 e. The molecule has 0 N–H and O–H groups in total. The van der Waals surface area contributed by atoms with Crippen LogP contribution in [0.3, 0.4) is 0 Å². The van der Waals surface area contributed by atoms with Crippen LogP contribution < -0.4 is 0 Å². The van der Waals surface area contributed by atoms with Gasteiger partial charge in [0.05, 0.1) is 24.9 Å². The molecule has 0 amide bonds. The van der Waals surface area contributed by atoms with Gasteiger partial charge in [-0.25, -0.2) is 9.78 Å². The molecular formula is C13H14ClNO3. The first-order valence-corrected chi connectivity index (χ1v) is 6.17. The molecule has 0 radical (unpaired) electrons. The van der Waals surface area contributed by atoms with E-state index in [1.165, 1.54) is 0 Å². The third kappa shape index (κ3) is 3.09. The summed E-state index contributed by atoms with van der Waals surface area (Å²) in [4.78, 5) is 15.5. The quantitative estimate of drug-likeness (QED) is 0.624. The molecule has 0 aromatic carbocycles. The average molecular weight is 268 g/mol. The SMILES string of the molecule is CCOC(=O)C1=CCC(c2ccc(Cl)nc2)OC1. The molecule has 1 atom stereocenters. The van der Waals surface area contributed by atoms with E-state index in [1.807, 2.05) is 12.1 Å². The minimum Gasteiger partial charge on any atom is -0.463 e. The van der Waals surface area contributed by atoms with Crippen molar-refractivity contribution in [3.8, 4) is 0 Å². The summed E-state index contributed by atoms with van der Waals surface area (Å²) in [6.45, 7) is 2.43. The van der Waals surface area contributed by atoms with E-state index < -0.39 is 0 Å². The molecule has 96 valence electrons. The zero-order valence-corrected chi connectivity index (χ0v) is 10.8. The van der Waals surface area contributed by atoms with Gasteiger partial charge in [0.1, 0.15) is 5.15 Å². The minimum atomic E-state index is -0.301. The number of rotatable bonds is 3. The fraction of sp³-hybridized carbons (Fsp3) is 0.385. The molecule has 2 rings (SSSR count). The molecule has 1 unspecified atom stereocenters. The van der Waals surface area contributed by atoms with Gasteiger partial charge in [0, 0.05) is 6.20 Å². The average Bonchev–Trinajstić information content (AvgIpc) is 2.40. The van der Waals surface area contributed by atoms with Crippen molar-refractivity contribution in [1.82, 2.24) is 4.98 Å². The van der Waals surface area contributed by atoms with Crippen LogP contribution in [0, 0.1) is 0 Å². The van der Waals surface area contributed by atoms with Crippen LogP contribution in [-0.4, -0.2) is 24.2 Å².